The largest absolute Gasteiger partial charge is 0.457 e. The van der Waals surface area contributed by atoms with Crippen LogP contribution in [0.5, 0.6) is 11.5 Å². The molecule has 0 aliphatic rings. The van der Waals surface area contributed by atoms with Crippen molar-refractivity contribution in [3.63, 3.8) is 0 Å². The third-order valence-electron chi connectivity index (χ3n) is 4.67. The Bertz CT molecular complexity index is 1120. The van der Waals surface area contributed by atoms with Crippen LogP contribution in [0, 0.1) is 0 Å². The number of rotatable bonds is 10. The van der Waals surface area contributed by atoms with Crippen LogP contribution in [-0.2, 0) is 21.2 Å². The molecule has 0 aliphatic carbocycles. The molecule has 0 unspecified atom stereocenters. The molecule has 0 aromatic heterocycles. The highest BCUT2D eigenvalue weighted by atomic mass is 35.5. The van der Waals surface area contributed by atoms with Gasteiger partial charge < -0.3 is 10.1 Å². The molecular formula is C24H25ClN2O4S. The average Bonchev–Trinajstić information content (AvgIpc) is 2.77. The normalized spacial score (nSPS) is 11.1. The van der Waals surface area contributed by atoms with E-state index in [1.165, 1.54) is 0 Å². The van der Waals surface area contributed by atoms with Crippen LogP contribution in [0.4, 0.5) is 5.69 Å². The number of amides is 1. The van der Waals surface area contributed by atoms with Crippen LogP contribution in [0.1, 0.15) is 12.0 Å². The van der Waals surface area contributed by atoms with Gasteiger partial charge in [-0.2, -0.15) is 0 Å². The maximum atomic E-state index is 12.4. The number of halogens is 1. The predicted molar refractivity (Wildman–Crippen MR) is 128 cm³/mol. The minimum Gasteiger partial charge on any atom is -0.457 e. The Hall–Kier alpha value is -3.03. The number of anilines is 1. The Morgan fingerprint density at radius 1 is 0.938 bits per heavy atom. The van der Waals surface area contributed by atoms with Crippen LogP contribution in [0.15, 0.2) is 78.9 Å². The maximum absolute atomic E-state index is 12.4. The molecule has 32 heavy (non-hydrogen) atoms. The van der Waals surface area contributed by atoms with E-state index in [4.69, 9.17) is 16.3 Å². The lowest BCUT2D eigenvalue weighted by molar-refractivity contribution is -0.119. The van der Waals surface area contributed by atoms with Gasteiger partial charge in [0.1, 0.15) is 18.0 Å². The van der Waals surface area contributed by atoms with Gasteiger partial charge in [0, 0.05) is 11.6 Å². The van der Waals surface area contributed by atoms with Crippen LogP contribution in [0.3, 0.4) is 0 Å². The van der Waals surface area contributed by atoms with E-state index < -0.39 is 10.0 Å². The number of para-hydroxylation sites is 1. The molecule has 3 rings (SSSR count). The standard InChI is InChI=1S/C24H25ClN2O4S/c1-32(29,30)27(18-24(28)26-17-5-6-19-9-11-20(25)12-10-19)21-13-15-23(16-14-21)31-22-7-3-2-4-8-22/h2-4,7-16H,5-6,17-18H2,1H3,(H,26,28). The molecule has 0 radical (unpaired) electrons. The number of nitrogens with one attached hydrogen (secondary N) is 1. The first kappa shape index (κ1) is 23.6. The van der Waals surface area contributed by atoms with Gasteiger partial charge in [0.05, 0.1) is 11.9 Å². The quantitative estimate of drug-likeness (QED) is 0.436. The highest BCUT2D eigenvalue weighted by Crippen LogP contribution is 2.25. The van der Waals surface area contributed by atoms with Gasteiger partial charge in [-0.05, 0) is 66.9 Å². The molecule has 0 heterocycles. The summed E-state index contributed by atoms with van der Waals surface area (Å²) < 4.78 is 31.4. The lowest BCUT2D eigenvalue weighted by Gasteiger charge is -2.22. The van der Waals surface area contributed by atoms with Crippen molar-refractivity contribution in [2.24, 2.45) is 0 Å². The first-order valence-corrected chi connectivity index (χ1v) is 12.4. The predicted octanol–water partition coefficient (Wildman–Crippen LogP) is 4.65. The second kappa shape index (κ2) is 11.0. The second-order valence-electron chi connectivity index (χ2n) is 7.26. The van der Waals surface area contributed by atoms with Gasteiger partial charge in [-0.3, -0.25) is 9.10 Å². The number of benzene rings is 3. The summed E-state index contributed by atoms with van der Waals surface area (Å²) in [7, 11) is -3.64. The number of aryl methyl sites for hydroxylation is 1. The zero-order valence-electron chi connectivity index (χ0n) is 17.7. The smallest absolute Gasteiger partial charge is 0.240 e. The highest BCUT2D eigenvalue weighted by Gasteiger charge is 2.20. The highest BCUT2D eigenvalue weighted by molar-refractivity contribution is 7.92. The Balaban J connectivity index is 1.55. The molecule has 0 saturated heterocycles. The summed E-state index contributed by atoms with van der Waals surface area (Å²) in [6, 6.07) is 23.4. The molecule has 0 spiro atoms. The van der Waals surface area contributed by atoms with E-state index in [1.807, 2.05) is 54.6 Å². The monoisotopic (exact) mass is 472 g/mol. The molecule has 0 saturated carbocycles. The molecule has 3 aromatic carbocycles. The van der Waals surface area contributed by atoms with Crippen LogP contribution in [0.25, 0.3) is 0 Å². The summed E-state index contributed by atoms with van der Waals surface area (Å²) in [6.45, 7) is 0.154. The van der Waals surface area contributed by atoms with Gasteiger partial charge in [0.2, 0.25) is 15.9 Å². The molecule has 3 aromatic rings. The van der Waals surface area contributed by atoms with Crippen molar-refractivity contribution in [3.8, 4) is 11.5 Å². The van der Waals surface area contributed by atoms with Crippen molar-refractivity contribution in [1.82, 2.24) is 5.32 Å². The van der Waals surface area contributed by atoms with E-state index in [2.05, 4.69) is 5.32 Å². The fourth-order valence-electron chi connectivity index (χ4n) is 3.06. The number of carbonyl (C=O) groups is 1. The Morgan fingerprint density at radius 3 is 2.19 bits per heavy atom. The lowest BCUT2D eigenvalue weighted by atomic mass is 10.1. The Kier molecular flexibility index (Phi) is 8.14. The third kappa shape index (κ3) is 7.28. The van der Waals surface area contributed by atoms with E-state index in [1.54, 1.807) is 24.3 Å². The number of hydrogen-bond acceptors (Lipinski definition) is 4. The molecule has 0 atom stereocenters. The van der Waals surface area contributed by atoms with Gasteiger partial charge in [0.15, 0.2) is 0 Å². The fraction of sp³-hybridized carbons (Fsp3) is 0.208. The van der Waals surface area contributed by atoms with Crippen LogP contribution < -0.4 is 14.4 Å². The maximum Gasteiger partial charge on any atom is 0.240 e. The van der Waals surface area contributed by atoms with E-state index in [-0.39, 0.29) is 12.5 Å². The number of ether oxygens (including phenoxy) is 1. The third-order valence-corrected chi connectivity index (χ3v) is 6.06. The van der Waals surface area contributed by atoms with Crippen LogP contribution in [-0.4, -0.2) is 33.7 Å². The first-order valence-electron chi connectivity index (χ1n) is 10.1. The fourth-order valence-corrected chi connectivity index (χ4v) is 4.05. The average molecular weight is 473 g/mol. The Labute approximate surface area is 193 Å². The summed E-state index contributed by atoms with van der Waals surface area (Å²) in [5.74, 6) is 0.884. The minimum atomic E-state index is -3.64. The van der Waals surface area contributed by atoms with E-state index in [0.717, 1.165) is 29.0 Å². The summed E-state index contributed by atoms with van der Waals surface area (Å²) in [4.78, 5) is 12.4. The summed E-state index contributed by atoms with van der Waals surface area (Å²) >= 11 is 5.88. The molecule has 0 aliphatic heterocycles. The lowest BCUT2D eigenvalue weighted by Crippen LogP contribution is -2.40. The summed E-state index contributed by atoms with van der Waals surface area (Å²) in [5, 5.41) is 3.47. The zero-order valence-corrected chi connectivity index (χ0v) is 19.3. The second-order valence-corrected chi connectivity index (χ2v) is 9.60. The summed E-state index contributed by atoms with van der Waals surface area (Å²) in [6.07, 6.45) is 2.60. The number of carbonyl (C=O) groups excluding carboxylic acids is 1. The van der Waals surface area contributed by atoms with Gasteiger partial charge in [-0.25, -0.2) is 8.42 Å². The van der Waals surface area contributed by atoms with Crippen molar-refractivity contribution in [2.45, 2.75) is 12.8 Å². The van der Waals surface area contributed by atoms with Gasteiger partial charge >= 0.3 is 0 Å². The van der Waals surface area contributed by atoms with Crippen molar-refractivity contribution in [3.05, 3.63) is 89.4 Å². The topological polar surface area (TPSA) is 75.7 Å². The number of hydrogen-bond donors (Lipinski definition) is 1. The van der Waals surface area contributed by atoms with Crippen molar-refractivity contribution in [2.75, 3.05) is 23.7 Å². The SMILES string of the molecule is CS(=O)(=O)N(CC(=O)NCCCc1ccc(Cl)cc1)c1ccc(Oc2ccccc2)cc1. The van der Waals surface area contributed by atoms with Gasteiger partial charge in [0.25, 0.3) is 0 Å². The van der Waals surface area contributed by atoms with E-state index in [9.17, 15) is 13.2 Å². The summed E-state index contributed by atoms with van der Waals surface area (Å²) in [5.41, 5.74) is 1.52. The van der Waals surface area contributed by atoms with Crippen molar-refractivity contribution in [1.29, 1.82) is 0 Å². The molecule has 6 nitrogen and oxygen atoms in total. The molecular weight excluding hydrogens is 448 g/mol. The van der Waals surface area contributed by atoms with Crippen LogP contribution in [0.2, 0.25) is 5.02 Å². The van der Waals surface area contributed by atoms with Gasteiger partial charge in [-0.1, -0.05) is 41.9 Å². The van der Waals surface area contributed by atoms with Crippen molar-refractivity contribution >= 4 is 33.2 Å². The molecule has 1 N–H and O–H groups in total. The zero-order chi connectivity index (χ0) is 23.0. The van der Waals surface area contributed by atoms with Crippen LogP contribution >= 0.6 is 11.6 Å². The first-order chi connectivity index (χ1) is 15.3. The van der Waals surface area contributed by atoms with E-state index in [0.29, 0.717) is 28.8 Å². The molecule has 1 amide bonds. The number of sulfonamides is 1. The minimum absolute atomic E-state index is 0.293. The van der Waals surface area contributed by atoms with Crippen molar-refractivity contribution < 1.29 is 17.9 Å². The molecule has 8 heteroatoms. The van der Waals surface area contributed by atoms with Gasteiger partial charge in [-0.15, -0.1) is 0 Å². The molecule has 0 bridgehead atoms. The Morgan fingerprint density at radius 2 is 1.56 bits per heavy atom. The molecule has 0 fully saturated rings. The number of nitrogens with zero attached hydrogens (tertiary/aromatic N) is 1. The molecule has 168 valence electrons. The van der Waals surface area contributed by atoms with E-state index >= 15 is 0 Å².